The monoisotopic (exact) mass is 607 g/mol. The van der Waals surface area contributed by atoms with Crippen LogP contribution < -0.4 is 15.4 Å². The molecule has 4 aromatic rings. The van der Waals surface area contributed by atoms with Crippen LogP contribution in [0.5, 0.6) is 11.5 Å². The molecule has 8 nitrogen and oxygen atoms in total. The number of urea groups is 1. The minimum absolute atomic E-state index is 0.00263. The van der Waals surface area contributed by atoms with Gasteiger partial charge in [0.15, 0.2) is 6.29 Å². The average molecular weight is 608 g/mol. The van der Waals surface area contributed by atoms with Gasteiger partial charge in [-0.1, -0.05) is 79.7 Å². The Bertz CT molecular complexity index is 1510. The van der Waals surface area contributed by atoms with Crippen LogP contribution in [0.15, 0.2) is 116 Å². The number of aliphatic hydroxyl groups excluding tert-OH is 1. The molecular weight excluding hydrogens is 566 g/mol. The van der Waals surface area contributed by atoms with E-state index in [1.165, 1.54) is 0 Å². The predicted molar refractivity (Wildman–Crippen MR) is 176 cm³/mol. The number of ether oxygens (including phenoxy) is 3. The van der Waals surface area contributed by atoms with E-state index in [4.69, 9.17) is 14.2 Å². The molecule has 5 rings (SSSR count). The lowest BCUT2D eigenvalue weighted by Crippen LogP contribution is -2.43. The molecule has 3 N–H and O–H groups in total. The number of carbonyl (C=O) groups is 1. The number of likely N-dealkylation sites (N-methyl/N-ethyl adjacent to an activating group) is 1. The SMILES string of the molecule is C=CCN(C)C[C@H]1O[C@@H](c2ccc(CNC(=O)Nc3ccc(Oc4ccccc4)cc3)cc2)O[C@@H](c2ccc(CO)cc2)[C@H]1C. The van der Waals surface area contributed by atoms with Crippen molar-refractivity contribution in [1.29, 1.82) is 0 Å². The van der Waals surface area contributed by atoms with Crippen molar-refractivity contribution in [2.75, 3.05) is 25.5 Å². The van der Waals surface area contributed by atoms with Crippen LogP contribution in [0.3, 0.4) is 0 Å². The predicted octanol–water partition coefficient (Wildman–Crippen LogP) is 7.20. The number of para-hydroxylation sites is 1. The van der Waals surface area contributed by atoms with Gasteiger partial charge in [0, 0.05) is 36.8 Å². The van der Waals surface area contributed by atoms with Gasteiger partial charge in [0.1, 0.15) is 11.5 Å². The van der Waals surface area contributed by atoms with Gasteiger partial charge >= 0.3 is 6.03 Å². The average Bonchev–Trinajstić information content (AvgIpc) is 3.06. The van der Waals surface area contributed by atoms with Crippen molar-refractivity contribution < 1.29 is 24.1 Å². The van der Waals surface area contributed by atoms with E-state index < -0.39 is 6.29 Å². The molecule has 1 saturated heterocycles. The highest BCUT2D eigenvalue weighted by molar-refractivity contribution is 5.89. The number of carbonyl (C=O) groups excluding carboxylic acids is 1. The highest BCUT2D eigenvalue weighted by Gasteiger charge is 2.38. The first-order chi connectivity index (χ1) is 21.9. The van der Waals surface area contributed by atoms with E-state index in [-0.39, 0.29) is 30.8 Å². The quantitative estimate of drug-likeness (QED) is 0.148. The van der Waals surface area contributed by atoms with Crippen LogP contribution in [-0.4, -0.2) is 42.3 Å². The number of rotatable bonds is 12. The van der Waals surface area contributed by atoms with Gasteiger partial charge in [-0.15, -0.1) is 6.58 Å². The van der Waals surface area contributed by atoms with Gasteiger partial charge < -0.3 is 34.9 Å². The van der Waals surface area contributed by atoms with Crippen LogP contribution in [0.1, 0.15) is 41.6 Å². The Balaban J connectivity index is 1.18. The van der Waals surface area contributed by atoms with Gasteiger partial charge in [0.05, 0.1) is 18.8 Å². The summed E-state index contributed by atoms with van der Waals surface area (Å²) in [7, 11) is 2.06. The van der Waals surface area contributed by atoms with Crippen molar-refractivity contribution in [2.45, 2.75) is 38.6 Å². The summed E-state index contributed by atoms with van der Waals surface area (Å²) >= 11 is 0. The summed E-state index contributed by atoms with van der Waals surface area (Å²) in [6.45, 7) is 7.87. The number of anilines is 1. The van der Waals surface area contributed by atoms with Crippen molar-refractivity contribution in [1.82, 2.24) is 10.2 Å². The van der Waals surface area contributed by atoms with Crippen molar-refractivity contribution in [2.24, 2.45) is 5.92 Å². The van der Waals surface area contributed by atoms with Crippen molar-refractivity contribution >= 4 is 11.7 Å². The third-order valence-electron chi connectivity index (χ3n) is 7.85. The fourth-order valence-electron chi connectivity index (χ4n) is 5.31. The summed E-state index contributed by atoms with van der Waals surface area (Å²) in [5.74, 6) is 1.54. The van der Waals surface area contributed by atoms with E-state index in [1.54, 1.807) is 12.1 Å². The minimum Gasteiger partial charge on any atom is -0.457 e. The maximum absolute atomic E-state index is 12.6. The molecule has 0 spiro atoms. The smallest absolute Gasteiger partial charge is 0.319 e. The Hall–Kier alpha value is -4.47. The van der Waals surface area contributed by atoms with Gasteiger partial charge in [0.25, 0.3) is 0 Å². The standard InChI is InChI=1S/C37H41N3O5/c1-4-22-40(3)24-34-26(2)35(29-14-12-28(25-41)13-15-29)45-36(44-34)30-16-10-27(11-17-30)23-38-37(42)39-31-18-20-33(21-19-31)43-32-8-6-5-7-9-32/h4-21,26,34-36,41H,1,22-25H2,2-3H3,(H2,38,39,42)/t26-,34+,35+,36+/m0/s1. The lowest BCUT2D eigenvalue weighted by Gasteiger charge is -2.42. The first-order valence-electron chi connectivity index (χ1n) is 15.2. The van der Waals surface area contributed by atoms with E-state index in [0.717, 1.165) is 41.1 Å². The molecule has 0 unspecified atom stereocenters. The van der Waals surface area contributed by atoms with Gasteiger partial charge in [0.2, 0.25) is 0 Å². The molecule has 1 heterocycles. The summed E-state index contributed by atoms with van der Waals surface area (Å²) < 4.78 is 18.9. The lowest BCUT2D eigenvalue weighted by molar-refractivity contribution is -0.275. The van der Waals surface area contributed by atoms with Crippen molar-refractivity contribution in [3.8, 4) is 11.5 Å². The second-order valence-corrected chi connectivity index (χ2v) is 11.3. The molecule has 0 aromatic heterocycles. The Morgan fingerprint density at radius 2 is 1.53 bits per heavy atom. The molecule has 234 valence electrons. The first-order valence-corrected chi connectivity index (χ1v) is 15.2. The van der Waals surface area contributed by atoms with Crippen LogP contribution in [0.2, 0.25) is 0 Å². The van der Waals surface area contributed by atoms with Gasteiger partial charge in [-0.2, -0.15) is 0 Å². The summed E-state index contributed by atoms with van der Waals surface area (Å²) in [6, 6.07) is 32.3. The Morgan fingerprint density at radius 1 is 0.889 bits per heavy atom. The highest BCUT2D eigenvalue weighted by atomic mass is 16.7. The second-order valence-electron chi connectivity index (χ2n) is 11.3. The maximum atomic E-state index is 12.6. The Morgan fingerprint density at radius 3 is 2.20 bits per heavy atom. The molecule has 0 aliphatic carbocycles. The Kier molecular flexibility index (Phi) is 11.0. The highest BCUT2D eigenvalue weighted by Crippen LogP contribution is 2.41. The van der Waals surface area contributed by atoms with Gasteiger partial charge in [-0.25, -0.2) is 4.79 Å². The topological polar surface area (TPSA) is 92.3 Å². The third-order valence-corrected chi connectivity index (χ3v) is 7.85. The van der Waals surface area contributed by atoms with Crippen molar-refractivity contribution in [3.05, 3.63) is 138 Å². The zero-order chi connectivity index (χ0) is 31.6. The lowest BCUT2D eigenvalue weighted by atomic mass is 9.90. The van der Waals surface area contributed by atoms with Crippen LogP contribution in [-0.2, 0) is 22.6 Å². The minimum atomic E-state index is -0.551. The zero-order valence-electron chi connectivity index (χ0n) is 25.8. The van der Waals surface area contributed by atoms with E-state index in [2.05, 4.69) is 36.1 Å². The molecule has 1 aliphatic heterocycles. The fraction of sp³-hybridized carbons (Fsp3) is 0.270. The summed E-state index contributed by atoms with van der Waals surface area (Å²) in [5, 5.41) is 15.3. The van der Waals surface area contributed by atoms with Crippen LogP contribution in [0, 0.1) is 5.92 Å². The summed E-state index contributed by atoms with van der Waals surface area (Å²) in [6.07, 6.45) is 1.09. The molecule has 8 heteroatoms. The number of hydrogen-bond acceptors (Lipinski definition) is 6. The van der Waals surface area contributed by atoms with E-state index in [0.29, 0.717) is 18.0 Å². The number of amides is 2. The third kappa shape index (κ3) is 8.80. The van der Waals surface area contributed by atoms with E-state index in [9.17, 15) is 9.90 Å². The molecule has 0 radical (unpaired) electrons. The molecule has 45 heavy (non-hydrogen) atoms. The molecular formula is C37H41N3O5. The van der Waals surface area contributed by atoms with Crippen LogP contribution >= 0.6 is 0 Å². The van der Waals surface area contributed by atoms with E-state index in [1.807, 2.05) is 97.1 Å². The second kappa shape index (κ2) is 15.5. The van der Waals surface area contributed by atoms with E-state index >= 15 is 0 Å². The summed E-state index contributed by atoms with van der Waals surface area (Å²) in [4.78, 5) is 14.8. The number of nitrogens with zero attached hydrogens (tertiary/aromatic N) is 1. The first kappa shape index (κ1) is 31.9. The maximum Gasteiger partial charge on any atom is 0.319 e. The van der Waals surface area contributed by atoms with Crippen LogP contribution in [0.4, 0.5) is 10.5 Å². The van der Waals surface area contributed by atoms with Crippen LogP contribution in [0.25, 0.3) is 0 Å². The Labute approximate surface area is 265 Å². The molecule has 1 fully saturated rings. The number of aliphatic hydroxyl groups is 1. The molecule has 0 bridgehead atoms. The number of benzene rings is 4. The number of hydrogen-bond donors (Lipinski definition) is 3. The zero-order valence-corrected chi connectivity index (χ0v) is 25.8. The van der Waals surface area contributed by atoms with Gasteiger partial charge in [-0.05, 0) is 60.1 Å². The molecule has 4 aromatic carbocycles. The molecule has 0 saturated carbocycles. The van der Waals surface area contributed by atoms with Gasteiger partial charge in [-0.3, -0.25) is 0 Å². The largest absolute Gasteiger partial charge is 0.457 e. The summed E-state index contributed by atoms with van der Waals surface area (Å²) in [5.41, 5.74) is 4.43. The fourth-order valence-corrected chi connectivity index (χ4v) is 5.31. The molecule has 2 amide bonds. The normalized spacial score (nSPS) is 19.6. The molecule has 4 atom stereocenters. The van der Waals surface area contributed by atoms with Crippen molar-refractivity contribution in [3.63, 3.8) is 0 Å². The molecule has 1 aliphatic rings. The number of nitrogens with one attached hydrogen (secondary N) is 2.